The molecule has 0 saturated carbocycles. The van der Waals surface area contributed by atoms with Crippen molar-refractivity contribution in [2.75, 3.05) is 31.1 Å². The Morgan fingerprint density at radius 2 is 2.00 bits per heavy atom. The highest BCUT2D eigenvalue weighted by Crippen LogP contribution is 2.28. The summed E-state index contributed by atoms with van der Waals surface area (Å²) in [6, 6.07) is -0.313. The molecule has 1 aromatic rings. The van der Waals surface area contributed by atoms with Crippen LogP contribution in [0, 0.1) is 5.92 Å². The van der Waals surface area contributed by atoms with Gasteiger partial charge in [0.25, 0.3) is 0 Å². The predicted molar refractivity (Wildman–Crippen MR) is 86.8 cm³/mol. The van der Waals surface area contributed by atoms with E-state index in [0.29, 0.717) is 19.0 Å². The smallest absolute Gasteiger partial charge is 0.224 e. The molecule has 24 heavy (non-hydrogen) atoms. The minimum Gasteiger partial charge on any atom is -0.336 e. The Kier molecular flexibility index (Phi) is 4.86. The van der Waals surface area contributed by atoms with Crippen molar-refractivity contribution in [3.63, 3.8) is 0 Å². The molecule has 2 fully saturated rings. The number of fused-ring (bicyclic) bond motifs is 1. The second kappa shape index (κ2) is 6.75. The molecule has 0 bridgehead atoms. The quantitative estimate of drug-likeness (QED) is 0.669. The first-order valence-corrected chi connectivity index (χ1v) is 10.1. The first-order valence-electron chi connectivity index (χ1n) is 8.30. The molecule has 9 nitrogen and oxygen atoms in total. The van der Waals surface area contributed by atoms with Crippen LogP contribution in [0.3, 0.4) is 0 Å². The van der Waals surface area contributed by atoms with Crippen LogP contribution in [0.1, 0.15) is 20.3 Å². The van der Waals surface area contributed by atoms with E-state index in [1.807, 2.05) is 0 Å². The zero-order valence-electron chi connectivity index (χ0n) is 14.1. The van der Waals surface area contributed by atoms with Gasteiger partial charge in [0, 0.05) is 32.1 Å². The highest BCUT2D eigenvalue weighted by molar-refractivity contribution is 7.91. The van der Waals surface area contributed by atoms with E-state index in [2.05, 4.69) is 34.3 Å². The fourth-order valence-corrected chi connectivity index (χ4v) is 5.68. The zero-order chi connectivity index (χ0) is 17.3. The predicted octanol–water partition coefficient (Wildman–Crippen LogP) is -0.971. The number of rotatable bonds is 5. The fraction of sp³-hybridized carbons (Fsp3) is 0.857. The van der Waals surface area contributed by atoms with Gasteiger partial charge in [-0.05, 0) is 16.3 Å². The van der Waals surface area contributed by atoms with Crippen LogP contribution in [0.2, 0.25) is 0 Å². The fourth-order valence-electron chi connectivity index (χ4n) is 3.67. The summed E-state index contributed by atoms with van der Waals surface area (Å²) in [7, 11) is -3.10. The lowest BCUT2D eigenvalue weighted by molar-refractivity contribution is -0.137. The molecule has 2 saturated heterocycles. The van der Waals surface area contributed by atoms with E-state index >= 15 is 0 Å². The summed E-state index contributed by atoms with van der Waals surface area (Å²) in [5.41, 5.74) is 0. The maximum atomic E-state index is 12.6. The number of nitrogens with zero attached hydrogens (tertiary/aromatic N) is 6. The monoisotopic (exact) mass is 356 g/mol. The molecule has 1 amide bonds. The summed E-state index contributed by atoms with van der Waals surface area (Å²) in [6.45, 7) is 6.83. The molecule has 10 heteroatoms. The Balaban J connectivity index is 1.69. The molecule has 0 spiro atoms. The number of hydrogen-bond acceptors (Lipinski definition) is 7. The number of carbonyl (C=O) groups is 1. The summed E-state index contributed by atoms with van der Waals surface area (Å²) < 4.78 is 25.8. The van der Waals surface area contributed by atoms with E-state index in [0.717, 1.165) is 13.1 Å². The normalized spacial score (nSPS) is 26.7. The highest BCUT2D eigenvalue weighted by atomic mass is 32.2. The van der Waals surface area contributed by atoms with Crippen LogP contribution >= 0.6 is 0 Å². The minimum atomic E-state index is -3.10. The van der Waals surface area contributed by atoms with Crippen LogP contribution in [0.4, 0.5) is 0 Å². The van der Waals surface area contributed by atoms with Crippen molar-refractivity contribution in [3.8, 4) is 0 Å². The molecule has 2 aliphatic rings. The van der Waals surface area contributed by atoms with Crippen molar-refractivity contribution in [2.45, 2.75) is 38.9 Å². The van der Waals surface area contributed by atoms with Crippen molar-refractivity contribution in [1.82, 2.24) is 30.0 Å². The van der Waals surface area contributed by atoms with Gasteiger partial charge in [0.2, 0.25) is 5.91 Å². The van der Waals surface area contributed by atoms with Crippen LogP contribution < -0.4 is 0 Å². The molecule has 2 atom stereocenters. The second-order valence-electron chi connectivity index (χ2n) is 7.01. The number of piperazine rings is 1. The second-order valence-corrected chi connectivity index (χ2v) is 9.16. The minimum absolute atomic E-state index is 0.0261. The number of hydrogen-bond donors (Lipinski definition) is 0. The van der Waals surface area contributed by atoms with Gasteiger partial charge in [-0.25, -0.2) is 13.1 Å². The number of aryl methyl sites for hydroxylation is 1. The number of amides is 1. The standard InChI is InChI=1S/C14H24N6O3S/c1-11(2)7-18-5-6-20(13-9-24(22,23)8-12(13)18)14(21)3-4-19-10-15-16-17-19/h10-13H,3-9H2,1-2H3/t12-,13+/m1/s1. The highest BCUT2D eigenvalue weighted by Gasteiger charge is 2.47. The third kappa shape index (κ3) is 3.75. The molecule has 0 aromatic carbocycles. The average molecular weight is 356 g/mol. The first kappa shape index (κ1) is 17.3. The molecule has 2 aliphatic heterocycles. The lowest BCUT2D eigenvalue weighted by Gasteiger charge is -2.44. The van der Waals surface area contributed by atoms with Gasteiger partial charge < -0.3 is 4.90 Å². The third-order valence-corrected chi connectivity index (χ3v) is 6.36. The van der Waals surface area contributed by atoms with E-state index < -0.39 is 9.84 Å². The Hall–Kier alpha value is -1.55. The van der Waals surface area contributed by atoms with Crippen LogP contribution in [0.5, 0.6) is 0 Å². The van der Waals surface area contributed by atoms with Gasteiger partial charge in [0.05, 0.1) is 24.1 Å². The molecule has 0 unspecified atom stereocenters. The van der Waals surface area contributed by atoms with Crippen molar-refractivity contribution in [3.05, 3.63) is 6.33 Å². The molecular formula is C14H24N6O3S. The van der Waals surface area contributed by atoms with Crippen molar-refractivity contribution >= 4 is 15.7 Å². The van der Waals surface area contributed by atoms with Crippen molar-refractivity contribution < 1.29 is 13.2 Å². The van der Waals surface area contributed by atoms with Crippen LogP contribution in [0.25, 0.3) is 0 Å². The summed E-state index contributed by atoms with van der Waals surface area (Å²) in [6.07, 6.45) is 1.75. The van der Waals surface area contributed by atoms with Gasteiger partial charge in [0.15, 0.2) is 9.84 Å². The van der Waals surface area contributed by atoms with E-state index in [1.54, 1.807) is 4.90 Å². The molecule has 134 valence electrons. The molecule has 1 aromatic heterocycles. The third-order valence-electron chi connectivity index (χ3n) is 4.66. The summed E-state index contributed by atoms with van der Waals surface area (Å²) in [5, 5.41) is 10.8. The maximum absolute atomic E-state index is 12.6. The summed E-state index contributed by atoms with van der Waals surface area (Å²) in [4.78, 5) is 16.6. The molecule has 0 N–H and O–H groups in total. The molecule has 3 heterocycles. The molecular weight excluding hydrogens is 332 g/mol. The first-order chi connectivity index (χ1) is 11.4. The van der Waals surface area contributed by atoms with Gasteiger partial charge in [-0.3, -0.25) is 9.69 Å². The number of tetrazole rings is 1. The Morgan fingerprint density at radius 3 is 2.67 bits per heavy atom. The summed E-state index contributed by atoms with van der Waals surface area (Å²) >= 11 is 0. The van der Waals surface area contributed by atoms with Gasteiger partial charge in [-0.2, -0.15) is 0 Å². The van der Waals surface area contributed by atoms with E-state index in [9.17, 15) is 13.2 Å². The Labute approximate surface area is 141 Å². The van der Waals surface area contributed by atoms with Crippen LogP contribution in [0.15, 0.2) is 6.33 Å². The van der Waals surface area contributed by atoms with Crippen LogP contribution in [-0.4, -0.2) is 87.6 Å². The Bertz CT molecular complexity index is 675. The lowest BCUT2D eigenvalue weighted by Crippen LogP contribution is -2.61. The molecule has 0 aliphatic carbocycles. The summed E-state index contributed by atoms with van der Waals surface area (Å²) in [5.74, 6) is 0.669. The molecule has 3 rings (SSSR count). The molecule has 0 radical (unpaired) electrons. The van der Waals surface area contributed by atoms with Crippen LogP contribution in [-0.2, 0) is 21.2 Å². The van der Waals surface area contributed by atoms with Gasteiger partial charge in [-0.1, -0.05) is 13.8 Å². The lowest BCUT2D eigenvalue weighted by atomic mass is 10.0. The SMILES string of the molecule is CC(C)CN1CCN(C(=O)CCn2cnnn2)[C@H]2CS(=O)(=O)C[C@H]21. The number of carbonyl (C=O) groups excluding carboxylic acids is 1. The maximum Gasteiger partial charge on any atom is 0.224 e. The number of aromatic nitrogens is 4. The van der Waals surface area contributed by atoms with Crippen molar-refractivity contribution in [2.24, 2.45) is 5.92 Å². The van der Waals surface area contributed by atoms with E-state index in [4.69, 9.17) is 0 Å². The van der Waals surface area contributed by atoms with Gasteiger partial charge >= 0.3 is 0 Å². The van der Waals surface area contributed by atoms with E-state index in [1.165, 1.54) is 11.0 Å². The van der Waals surface area contributed by atoms with Gasteiger partial charge in [0.1, 0.15) is 6.33 Å². The number of sulfone groups is 1. The Morgan fingerprint density at radius 1 is 1.25 bits per heavy atom. The topological polar surface area (TPSA) is 101 Å². The largest absolute Gasteiger partial charge is 0.336 e. The van der Waals surface area contributed by atoms with Crippen molar-refractivity contribution in [1.29, 1.82) is 0 Å². The zero-order valence-corrected chi connectivity index (χ0v) is 14.9. The van der Waals surface area contributed by atoms with Gasteiger partial charge in [-0.15, -0.1) is 5.10 Å². The van der Waals surface area contributed by atoms with E-state index in [-0.39, 0.29) is 35.9 Å². The average Bonchev–Trinajstić information content (AvgIpc) is 3.11.